The highest BCUT2D eigenvalue weighted by Gasteiger charge is 2.29. The lowest BCUT2D eigenvalue weighted by atomic mass is 10.1. The van der Waals surface area contributed by atoms with E-state index in [1.54, 1.807) is 6.07 Å². The molecule has 0 aliphatic heterocycles. The molecule has 1 heterocycles. The summed E-state index contributed by atoms with van der Waals surface area (Å²) in [5.74, 6) is 0.877. The lowest BCUT2D eigenvalue weighted by Crippen LogP contribution is -2.15. The fourth-order valence-electron chi connectivity index (χ4n) is 3.02. The Kier molecular flexibility index (Phi) is 5.61. The molecule has 2 N–H and O–H groups in total. The molecule has 30 heavy (non-hydrogen) atoms. The van der Waals surface area contributed by atoms with Gasteiger partial charge >= 0.3 is 0 Å². The number of aromatic nitrogens is 2. The minimum atomic E-state index is -0.154. The average molecular weight is 404 g/mol. The van der Waals surface area contributed by atoms with Crippen molar-refractivity contribution in [2.24, 2.45) is 5.92 Å². The van der Waals surface area contributed by atoms with Gasteiger partial charge in [0.15, 0.2) is 0 Å². The molecule has 2 amide bonds. The van der Waals surface area contributed by atoms with Crippen LogP contribution in [0.5, 0.6) is 0 Å². The molecular formula is C23H24N4O3. The van der Waals surface area contributed by atoms with Gasteiger partial charge < -0.3 is 15.1 Å². The van der Waals surface area contributed by atoms with Crippen molar-refractivity contribution in [1.29, 1.82) is 0 Å². The number of nitrogens with one attached hydrogen (secondary N) is 2. The first-order chi connectivity index (χ1) is 14.5. The van der Waals surface area contributed by atoms with E-state index in [0.29, 0.717) is 29.6 Å². The second kappa shape index (κ2) is 8.49. The molecule has 0 saturated heterocycles. The zero-order valence-electron chi connectivity index (χ0n) is 17.1. The summed E-state index contributed by atoms with van der Waals surface area (Å²) in [4.78, 5) is 24.4. The monoisotopic (exact) mass is 404 g/mol. The topological polar surface area (TPSA) is 97.1 Å². The van der Waals surface area contributed by atoms with Crippen LogP contribution in [0.4, 0.5) is 11.4 Å². The number of hydrogen-bond acceptors (Lipinski definition) is 5. The number of benzene rings is 2. The third-order valence-electron chi connectivity index (χ3n) is 5.06. The van der Waals surface area contributed by atoms with Crippen LogP contribution in [0, 0.1) is 19.8 Å². The van der Waals surface area contributed by atoms with E-state index in [1.165, 1.54) is 0 Å². The quantitative estimate of drug-likeness (QED) is 0.613. The maximum absolute atomic E-state index is 12.4. The maximum Gasteiger partial charge on any atom is 0.247 e. The Balaban J connectivity index is 1.33. The molecule has 1 fully saturated rings. The molecule has 154 valence electrons. The third kappa shape index (κ3) is 4.92. The number of anilines is 2. The number of amides is 2. The summed E-state index contributed by atoms with van der Waals surface area (Å²) < 4.78 is 5.68. The number of carbonyl (C=O) groups excluding carboxylic acids is 2. The van der Waals surface area contributed by atoms with Gasteiger partial charge in [-0.15, -0.1) is 10.2 Å². The van der Waals surface area contributed by atoms with Crippen LogP contribution in [-0.2, 0) is 16.0 Å². The first-order valence-corrected chi connectivity index (χ1v) is 10.1. The van der Waals surface area contributed by atoms with Crippen LogP contribution in [0.3, 0.4) is 0 Å². The summed E-state index contributed by atoms with van der Waals surface area (Å²) in [5.41, 5.74) is 4.30. The van der Waals surface area contributed by atoms with E-state index in [4.69, 9.17) is 4.42 Å². The Morgan fingerprint density at radius 1 is 1.03 bits per heavy atom. The highest BCUT2D eigenvalue weighted by molar-refractivity contribution is 5.96. The Morgan fingerprint density at radius 2 is 1.80 bits per heavy atom. The normalized spacial score (nSPS) is 13.1. The van der Waals surface area contributed by atoms with Gasteiger partial charge in [0, 0.05) is 35.7 Å². The van der Waals surface area contributed by atoms with Gasteiger partial charge in [0.25, 0.3) is 0 Å². The molecule has 4 rings (SSSR count). The predicted molar refractivity (Wildman–Crippen MR) is 114 cm³/mol. The fraction of sp³-hybridized carbons (Fsp3) is 0.304. The van der Waals surface area contributed by atoms with Gasteiger partial charge in [-0.25, -0.2) is 0 Å². The second-order valence-electron chi connectivity index (χ2n) is 7.71. The average Bonchev–Trinajstić information content (AvgIpc) is 3.48. The molecular weight excluding hydrogens is 380 g/mol. The highest BCUT2D eigenvalue weighted by Crippen LogP contribution is 2.31. The van der Waals surface area contributed by atoms with E-state index in [2.05, 4.69) is 20.8 Å². The van der Waals surface area contributed by atoms with Gasteiger partial charge in [0.1, 0.15) is 0 Å². The van der Waals surface area contributed by atoms with E-state index in [9.17, 15) is 9.59 Å². The molecule has 1 aromatic heterocycles. The van der Waals surface area contributed by atoms with E-state index in [1.807, 2.05) is 50.2 Å². The molecule has 0 unspecified atom stereocenters. The molecule has 0 atom stereocenters. The van der Waals surface area contributed by atoms with Gasteiger partial charge in [-0.1, -0.05) is 23.8 Å². The van der Waals surface area contributed by atoms with Crippen LogP contribution < -0.4 is 10.6 Å². The van der Waals surface area contributed by atoms with Crippen LogP contribution >= 0.6 is 0 Å². The summed E-state index contributed by atoms with van der Waals surface area (Å²) in [6, 6.07) is 13.3. The zero-order chi connectivity index (χ0) is 21.1. The van der Waals surface area contributed by atoms with Crippen molar-refractivity contribution < 1.29 is 14.0 Å². The molecule has 7 heteroatoms. The first-order valence-electron chi connectivity index (χ1n) is 10.1. The van der Waals surface area contributed by atoms with Crippen molar-refractivity contribution in [2.45, 2.75) is 39.5 Å². The molecule has 2 aromatic carbocycles. The molecule has 0 bridgehead atoms. The number of carbonyl (C=O) groups is 2. The van der Waals surface area contributed by atoms with Crippen molar-refractivity contribution >= 4 is 23.2 Å². The Labute approximate surface area is 174 Å². The van der Waals surface area contributed by atoms with E-state index in [-0.39, 0.29) is 24.2 Å². The number of aryl methyl sites for hydroxylation is 3. The molecule has 1 aliphatic rings. The van der Waals surface area contributed by atoms with Crippen LogP contribution in [-0.4, -0.2) is 22.0 Å². The van der Waals surface area contributed by atoms with Crippen LogP contribution in [0.25, 0.3) is 11.5 Å². The van der Waals surface area contributed by atoms with Crippen molar-refractivity contribution in [3.05, 3.63) is 59.5 Å². The smallest absolute Gasteiger partial charge is 0.247 e. The molecule has 1 saturated carbocycles. The van der Waals surface area contributed by atoms with Crippen LogP contribution in [0.2, 0.25) is 0 Å². The lowest BCUT2D eigenvalue weighted by Gasteiger charge is -2.11. The minimum absolute atomic E-state index is 0.0388. The fourth-order valence-corrected chi connectivity index (χ4v) is 3.02. The van der Waals surface area contributed by atoms with Crippen molar-refractivity contribution in [1.82, 2.24) is 10.2 Å². The van der Waals surface area contributed by atoms with Crippen molar-refractivity contribution in [2.75, 3.05) is 10.6 Å². The van der Waals surface area contributed by atoms with E-state index < -0.39 is 0 Å². The minimum Gasteiger partial charge on any atom is -0.421 e. The molecule has 3 aromatic rings. The van der Waals surface area contributed by atoms with E-state index >= 15 is 0 Å². The number of rotatable bonds is 7. The first kappa shape index (κ1) is 19.8. The predicted octanol–water partition coefficient (Wildman–Crippen LogP) is 4.27. The Morgan fingerprint density at radius 3 is 2.53 bits per heavy atom. The third-order valence-corrected chi connectivity index (χ3v) is 5.06. The molecule has 0 spiro atoms. The van der Waals surface area contributed by atoms with Crippen molar-refractivity contribution in [3.63, 3.8) is 0 Å². The standard InChI is InChI=1S/C23H24N4O3/c1-14-3-6-17(7-4-14)23-27-26-21(30-23)12-11-20(28)25-19-13-18(10-5-15(19)2)24-22(29)16-8-9-16/h3-7,10,13,16H,8-9,11-12H2,1-2H3,(H,24,29)(H,25,28). The van der Waals surface area contributed by atoms with Gasteiger partial charge in [-0.05, 0) is 56.5 Å². The van der Waals surface area contributed by atoms with Crippen molar-refractivity contribution in [3.8, 4) is 11.5 Å². The highest BCUT2D eigenvalue weighted by atomic mass is 16.4. The van der Waals surface area contributed by atoms with Crippen LogP contribution in [0.15, 0.2) is 46.9 Å². The Bertz CT molecular complexity index is 1070. The SMILES string of the molecule is Cc1ccc(-c2nnc(CCC(=O)Nc3cc(NC(=O)C4CC4)ccc3C)o2)cc1. The van der Waals surface area contributed by atoms with Gasteiger partial charge in [-0.2, -0.15) is 0 Å². The second-order valence-corrected chi connectivity index (χ2v) is 7.71. The zero-order valence-corrected chi connectivity index (χ0v) is 17.1. The molecule has 0 radical (unpaired) electrons. The summed E-state index contributed by atoms with van der Waals surface area (Å²) in [6.07, 6.45) is 2.46. The van der Waals surface area contributed by atoms with Gasteiger partial charge in [-0.3, -0.25) is 9.59 Å². The summed E-state index contributed by atoms with van der Waals surface area (Å²) in [6.45, 7) is 3.92. The van der Waals surface area contributed by atoms with Gasteiger partial charge in [0.2, 0.25) is 23.6 Å². The summed E-state index contributed by atoms with van der Waals surface area (Å²) in [7, 11) is 0. The summed E-state index contributed by atoms with van der Waals surface area (Å²) in [5, 5.41) is 13.9. The summed E-state index contributed by atoms with van der Waals surface area (Å²) >= 11 is 0. The van der Waals surface area contributed by atoms with Crippen LogP contribution in [0.1, 0.15) is 36.3 Å². The Hall–Kier alpha value is -3.48. The number of hydrogen-bond donors (Lipinski definition) is 2. The maximum atomic E-state index is 12.4. The molecule has 7 nitrogen and oxygen atoms in total. The number of nitrogens with zero attached hydrogens (tertiary/aromatic N) is 2. The van der Waals surface area contributed by atoms with Gasteiger partial charge in [0.05, 0.1) is 0 Å². The lowest BCUT2D eigenvalue weighted by molar-refractivity contribution is -0.117. The van der Waals surface area contributed by atoms with E-state index in [0.717, 1.165) is 29.5 Å². The largest absolute Gasteiger partial charge is 0.421 e. The molecule has 1 aliphatic carbocycles.